The number of benzene rings is 1. The zero-order valence-electron chi connectivity index (χ0n) is 21.3. The number of aliphatic hydroxyl groups is 3. The zero-order valence-corrected chi connectivity index (χ0v) is 21.3. The highest BCUT2D eigenvalue weighted by Gasteiger charge is 3.05. The summed E-state index contributed by atoms with van der Waals surface area (Å²) >= 11 is 0. The van der Waals surface area contributed by atoms with E-state index in [9.17, 15) is 29.7 Å². The summed E-state index contributed by atoms with van der Waals surface area (Å²) < 4.78 is 29.6. The van der Waals surface area contributed by atoms with Crippen LogP contribution in [-0.4, -0.2) is 81.2 Å². The van der Waals surface area contributed by atoms with Crippen LogP contribution in [0.25, 0.3) is 0 Å². The molecule has 12 atom stereocenters. The maximum Gasteiger partial charge on any atom is 0.343 e. The van der Waals surface area contributed by atoms with E-state index in [1.54, 1.807) is 0 Å². The minimum absolute atomic E-state index is 0.0141. The van der Waals surface area contributed by atoms with E-state index in [0.717, 1.165) is 5.56 Å². The molecule has 204 valence electrons. The van der Waals surface area contributed by atoms with Gasteiger partial charge in [0, 0.05) is 5.92 Å². The van der Waals surface area contributed by atoms with E-state index in [0.29, 0.717) is 0 Å². The Kier molecular flexibility index (Phi) is 4.47. The Morgan fingerprint density at radius 2 is 1.66 bits per heavy atom. The number of carbonyl (C=O) groups is 3. The van der Waals surface area contributed by atoms with Crippen molar-refractivity contribution in [3.05, 3.63) is 35.9 Å². The SMILES string of the molecule is C[C@@H]1C(=O)OC2C(O)C34C5OC(=O)C3(OC3OC(=O)[C@@H](OCc6ccccc6)C34C(C(C)(C)C)[C@H]5O)[C@]21O. The number of aliphatic hydroxyl groups excluding tert-OH is 2. The normalized spacial score (nSPS) is 51.8. The third-order valence-corrected chi connectivity index (χ3v) is 10.2. The maximum atomic E-state index is 13.8. The predicted octanol–water partition coefficient (Wildman–Crippen LogP) is -0.174. The second-order valence-corrected chi connectivity index (χ2v) is 12.6. The molecular formula is C27H30O11. The van der Waals surface area contributed by atoms with E-state index in [1.807, 2.05) is 51.1 Å². The van der Waals surface area contributed by atoms with Gasteiger partial charge in [-0.25, -0.2) is 9.59 Å². The van der Waals surface area contributed by atoms with Crippen molar-refractivity contribution in [1.82, 2.24) is 0 Å². The largest absolute Gasteiger partial charge is 0.456 e. The van der Waals surface area contributed by atoms with Gasteiger partial charge in [0.15, 0.2) is 17.8 Å². The molecule has 7 rings (SSSR count). The molecule has 0 radical (unpaired) electrons. The molecular weight excluding hydrogens is 500 g/mol. The average molecular weight is 531 g/mol. The molecule has 2 spiro atoms. The minimum atomic E-state index is -2.36. The molecule has 2 saturated carbocycles. The lowest BCUT2D eigenvalue weighted by atomic mass is 9.51. The summed E-state index contributed by atoms with van der Waals surface area (Å²) in [6, 6.07) is 9.11. The standard InChI is InChI=1S/C27H30O11/c1-11-19(30)35-17-15(29)25-16-13(28)14(23(2,3)4)24(25)18(34-10-12-8-6-5-7-9-12)20(31)37-22(24)38-27(25,21(32)36-16)26(11,17)33/h5-9,11,13-18,22,28-29,33H,10H2,1-4H3/t11-,13-,14?,15?,16?,17?,18-,22?,24?,25?,26-,27?/m1/s1. The van der Waals surface area contributed by atoms with Gasteiger partial charge in [0.25, 0.3) is 0 Å². The molecule has 1 aromatic carbocycles. The highest BCUT2D eigenvalue weighted by Crippen LogP contribution is 2.84. The fourth-order valence-electron chi connectivity index (χ4n) is 9.20. The number of esters is 3. The molecule has 4 saturated heterocycles. The Labute approximate surface area is 217 Å². The molecule has 4 heterocycles. The third kappa shape index (κ3) is 2.13. The summed E-state index contributed by atoms with van der Waals surface area (Å²) in [7, 11) is 0. The van der Waals surface area contributed by atoms with E-state index >= 15 is 0 Å². The van der Waals surface area contributed by atoms with Gasteiger partial charge in [0.2, 0.25) is 11.9 Å². The van der Waals surface area contributed by atoms with Gasteiger partial charge in [0.05, 0.1) is 29.5 Å². The van der Waals surface area contributed by atoms with Crippen LogP contribution in [0.3, 0.4) is 0 Å². The molecule has 6 aliphatic rings. The lowest BCUT2D eigenvalue weighted by Crippen LogP contribution is -2.67. The second-order valence-electron chi connectivity index (χ2n) is 12.6. The molecule has 0 aromatic heterocycles. The van der Waals surface area contributed by atoms with Crippen LogP contribution in [0.4, 0.5) is 0 Å². The predicted molar refractivity (Wildman–Crippen MR) is 122 cm³/mol. The van der Waals surface area contributed by atoms with Crippen LogP contribution in [0.5, 0.6) is 0 Å². The first kappa shape index (κ1) is 24.5. The molecule has 2 aliphatic carbocycles. The van der Waals surface area contributed by atoms with Gasteiger partial charge < -0.3 is 39.0 Å². The van der Waals surface area contributed by atoms with Crippen molar-refractivity contribution < 1.29 is 53.4 Å². The number of rotatable bonds is 3. The van der Waals surface area contributed by atoms with Crippen molar-refractivity contribution >= 4 is 17.9 Å². The first-order valence-corrected chi connectivity index (χ1v) is 12.9. The van der Waals surface area contributed by atoms with E-state index in [2.05, 4.69) is 0 Å². The summed E-state index contributed by atoms with van der Waals surface area (Å²) in [4.78, 5) is 40.0. The molecule has 0 bridgehead atoms. The molecule has 6 fully saturated rings. The zero-order chi connectivity index (χ0) is 27.2. The van der Waals surface area contributed by atoms with E-state index in [1.165, 1.54) is 6.92 Å². The Balaban J connectivity index is 1.50. The van der Waals surface area contributed by atoms with Gasteiger partial charge in [-0.3, -0.25) is 4.79 Å². The molecule has 38 heavy (non-hydrogen) atoms. The molecule has 11 nitrogen and oxygen atoms in total. The minimum Gasteiger partial charge on any atom is -0.456 e. The van der Waals surface area contributed by atoms with Crippen LogP contribution in [0.1, 0.15) is 33.3 Å². The quantitative estimate of drug-likeness (QED) is 0.352. The summed E-state index contributed by atoms with van der Waals surface area (Å²) in [6.07, 6.45) is -8.97. The number of hydrogen-bond donors (Lipinski definition) is 3. The smallest absolute Gasteiger partial charge is 0.343 e. The lowest BCUT2D eigenvalue weighted by molar-refractivity contribution is -0.240. The summed E-state index contributed by atoms with van der Waals surface area (Å²) in [5, 5.41) is 36.1. The number of hydrogen-bond acceptors (Lipinski definition) is 11. The maximum absolute atomic E-state index is 13.8. The molecule has 1 aromatic rings. The van der Waals surface area contributed by atoms with Crippen molar-refractivity contribution in [3.8, 4) is 0 Å². The van der Waals surface area contributed by atoms with Crippen molar-refractivity contribution in [1.29, 1.82) is 0 Å². The molecule has 0 amide bonds. The molecule has 4 aliphatic heterocycles. The van der Waals surface area contributed by atoms with Gasteiger partial charge in [-0.1, -0.05) is 51.1 Å². The van der Waals surface area contributed by atoms with Gasteiger partial charge in [-0.05, 0) is 17.9 Å². The van der Waals surface area contributed by atoms with Crippen LogP contribution >= 0.6 is 0 Å². The Bertz CT molecular complexity index is 1260. The average Bonchev–Trinajstić information content (AvgIpc) is 3.55. The van der Waals surface area contributed by atoms with Crippen LogP contribution < -0.4 is 0 Å². The summed E-state index contributed by atoms with van der Waals surface area (Å²) in [5.41, 5.74) is -8.32. The third-order valence-electron chi connectivity index (χ3n) is 10.2. The van der Waals surface area contributed by atoms with Crippen molar-refractivity contribution in [3.63, 3.8) is 0 Å². The highest BCUT2D eigenvalue weighted by molar-refractivity contribution is 5.94. The van der Waals surface area contributed by atoms with Crippen molar-refractivity contribution in [2.24, 2.45) is 28.1 Å². The van der Waals surface area contributed by atoms with Gasteiger partial charge in [-0.15, -0.1) is 0 Å². The number of carbonyl (C=O) groups excluding carboxylic acids is 3. The van der Waals surface area contributed by atoms with Crippen LogP contribution in [0.2, 0.25) is 0 Å². The summed E-state index contributed by atoms with van der Waals surface area (Å²) in [6.45, 7) is 6.92. The van der Waals surface area contributed by atoms with Crippen molar-refractivity contribution in [2.45, 2.75) is 82.3 Å². The summed E-state index contributed by atoms with van der Waals surface area (Å²) in [5.74, 6) is -4.79. The first-order chi connectivity index (χ1) is 17.8. The fourth-order valence-corrected chi connectivity index (χ4v) is 9.20. The van der Waals surface area contributed by atoms with Gasteiger partial charge >= 0.3 is 17.9 Å². The lowest BCUT2D eigenvalue weighted by Gasteiger charge is -2.48. The fraction of sp³-hybridized carbons (Fsp3) is 0.667. The molecule has 11 heteroatoms. The van der Waals surface area contributed by atoms with Gasteiger partial charge in [0.1, 0.15) is 12.2 Å². The molecule has 3 N–H and O–H groups in total. The van der Waals surface area contributed by atoms with E-state index < -0.39 is 94.0 Å². The van der Waals surface area contributed by atoms with Crippen LogP contribution in [0.15, 0.2) is 30.3 Å². The topological polar surface area (TPSA) is 158 Å². The molecule has 8 unspecified atom stereocenters. The number of ether oxygens (including phenoxy) is 5. The van der Waals surface area contributed by atoms with E-state index in [4.69, 9.17) is 23.7 Å². The van der Waals surface area contributed by atoms with Gasteiger partial charge in [-0.2, -0.15) is 0 Å². The Morgan fingerprint density at radius 3 is 2.32 bits per heavy atom. The first-order valence-electron chi connectivity index (χ1n) is 12.9. The van der Waals surface area contributed by atoms with E-state index in [-0.39, 0.29) is 6.61 Å². The van der Waals surface area contributed by atoms with Crippen LogP contribution in [-0.2, 0) is 44.7 Å². The monoisotopic (exact) mass is 530 g/mol. The van der Waals surface area contributed by atoms with Crippen LogP contribution in [0, 0.1) is 28.1 Å². The highest BCUT2D eigenvalue weighted by atomic mass is 16.8. The Hall–Kier alpha value is -2.57. The van der Waals surface area contributed by atoms with Crippen molar-refractivity contribution in [2.75, 3.05) is 0 Å². The Morgan fingerprint density at radius 1 is 0.974 bits per heavy atom. The second kappa shape index (κ2) is 6.95. The number of fused-ring (bicyclic) bond motifs is 1.